The van der Waals surface area contributed by atoms with Gasteiger partial charge in [-0.25, -0.2) is 4.79 Å². The lowest BCUT2D eigenvalue weighted by Crippen LogP contribution is -2.57. The molecule has 146 valence electrons. The minimum Gasteiger partial charge on any atom is -0.427 e. The van der Waals surface area contributed by atoms with E-state index in [4.69, 9.17) is 16.3 Å². The highest BCUT2D eigenvalue weighted by atomic mass is 35.5. The lowest BCUT2D eigenvalue weighted by Gasteiger charge is -2.35. The van der Waals surface area contributed by atoms with Gasteiger partial charge in [-0.1, -0.05) is 80.1 Å². The maximum Gasteiger partial charge on any atom is 0.338 e. The molecule has 2 atom stereocenters. The van der Waals surface area contributed by atoms with Crippen molar-refractivity contribution in [3.63, 3.8) is 0 Å². The molecule has 5 heteroatoms. The second-order valence-electron chi connectivity index (χ2n) is 7.82. The van der Waals surface area contributed by atoms with Gasteiger partial charge < -0.3 is 10.1 Å². The van der Waals surface area contributed by atoms with Gasteiger partial charge in [0.05, 0.1) is 11.0 Å². The lowest BCUT2D eigenvalue weighted by atomic mass is 9.73. The van der Waals surface area contributed by atoms with E-state index >= 15 is 0 Å². The standard InChI is InChI=1S/C23H24ClNO3/c24-19-14-8-7-13-18-20(19)28-22(27)23(18,15-16-9-3-1-4-10-16)25-21(26)17-11-5-2-6-12-17/h2,5-8,11-14,16,18H,1,3-4,9-10,15H2,(H,25,26)/t18-,23+/m1/s1. The van der Waals surface area contributed by atoms with E-state index in [0.29, 0.717) is 28.7 Å². The monoisotopic (exact) mass is 397 g/mol. The summed E-state index contributed by atoms with van der Waals surface area (Å²) in [6, 6.07) is 8.98. The van der Waals surface area contributed by atoms with E-state index in [2.05, 4.69) is 5.32 Å². The first kappa shape index (κ1) is 19.0. The number of allylic oxidation sites excluding steroid dienone is 4. The third kappa shape index (κ3) is 3.53. The molecule has 0 bridgehead atoms. The van der Waals surface area contributed by atoms with Crippen molar-refractivity contribution < 1.29 is 14.3 Å². The summed E-state index contributed by atoms with van der Waals surface area (Å²) in [6.45, 7) is 0. The van der Waals surface area contributed by atoms with Gasteiger partial charge in [-0.15, -0.1) is 0 Å². The van der Waals surface area contributed by atoms with E-state index in [-0.39, 0.29) is 5.91 Å². The Hall–Kier alpha value is -2.33. The predicted molar refractivity (Wildman–Crippen MR) is 109 cm³/mol. The van der Waals surface area contributed by atoms with E-state index in [1.807, 2.05) is 36.4 Å². The third-order valence-electron chi connectivity index (χ3n) is 5.98. The number of carbonyl (C=O) groups excluding carboxylic acids is 2. The zero-order chi connectivity index (χ0) is 19.6. The highest BCUT2D eigenvalue weighted by Gasteiger charge is 2.57. The van der Waals surface area contributed by atoms with Crippen molar-refractivity contribution in [2.45, 2.75) is 44.1 Å². The van der Waals surface area contributed by atoms with Gasteiger partial charge in [0.25, 0.3) is 5.91 Å². The Morgan fingerprint density at radius 3 is 2.64 bits per heavy atom. The molecular weight excluding hydrogens is 374 g/mol. The molecule has 1 heterocycles. The average molecular weight is 398 g/mol. The van der Waals surface area contributed by atoms with Gasteiger partial charge in [0.15, 0.2) is 5.54 Å². The van der Waals surface area contributed by atoms with Crippen LogP contribution in [0.4, 0.5) is 0 Å². The highest BCUT2D eigenvalue weighted by Crippen LogP contribution is 2.45. The Morgan fingerprint density at radius 1 is 1.14 bits per heavy atom. The number of benzene rings is 1. The summed E-state index contributed by atoms with van der Waals surface area (Å²) < 4.78 is 5.64. The highest BCUT2D eigenvalue weighted by molar-refractivity contribution is 6.31. The molecule has 1 N–H and O–H groups in total. The van der Waals surface area contributed by atoms with Gasteiger partial charge >= 0.3 is 5.97 Å². The summed E-state index contributed by atoms with van der Waals surface area (Å²) >= 11 is 6.37. The number of hydrogen-bond donors (Lipinski definition) is 1. The summed E-state index contributed by atoms with van der Waals surface area (Å²) in [6.07, 6.45) is 13.6. The van der Waals surface area contributed by atoms with Crippen molar-refractivity contribution in [3.8, 4) is 0 Å². The molecule has 4 nitrogen and oxygen atoms in total. The maximum atomic E-state index is 13.2. The number of fused-ring (bicyclic) bond motifs is 1. The Kier molecular flexibility index (Phi) is 5.40. The Labute approximate surface area is 170 Å². The number of nitrogens with one attached hydrogen (secondary N) is 1. The Balaban J connectivity index is 1.72. The first-order chi connectivity index (χ1) is 13.6. The van der Waals surface area contributed by atoms with Crippen LogP contribution < -0.4 is 5.32 Å². The van der Waals surface area contributed by atoms with Crippen LogP contribution in [0, 0.1) is 11.8 Å². The molecule has 2 aliphatic carbocycles. The predicted octanol–water partition coefficient (Wildman–Crippen LogP) is 4.88. The van der Waals surface area contributed by atoms with Crippen LogP contribution in [-0.4, -0.2) is 17.4 Å². The quantitative estimate of drug-likeness (QED) is 0.737. The number of amides is 1. The van der Waals surface area contributed by atoms with Crippen LogP contribution in [0.2, 0.25) is 0 Å². The van der Waals surface area contributed by atoms with Crippen LogP contribution in [0.25, 0.3) is 0 Å². The van der Waals surface area contributed by atoms with Crippen molar-refractivity contribution in [1.29, 1.82) is 0 Å². The second kappa shape index (κ2) is 7.96. The molecule has 0 spiro atoms. The molecule has 1 aromatic carbocycles. The van der Waals surface area contributed by atoms with Crippen molar-refractivity contribution in [2.75, 3.05) is 0 Å². The smallest absolute Gasteiger partial charge is 0.338 e. The van der Waals surface area contributed by atoms with Gasteiger partial charge in [0.1, 0.15) is 5.76 Å². The van der Waals surface area contributed by atoms with Gasteiger partial charge in [-0.3, -0.25) is 4.79 Å². The topological polar surface area (TPSA) is 55.4 Å². The minimum absolute atomic E-state index is 0.267. The number of halogens is 1. The number of hydrogen-bond acceptors (Lipinski definition) is 3. The molecular formula is C23H24ClNO3. The summed E-state index contributed by atoms with van der Waals surface area (Å²) in [4.78, 5) is 26.2. The molecule has 3 aliphatic rings. The number of carbonyl (C=O) groups is 2. The van der Waals surface area contributed by atoms with Crippen LogP contribution in [-0.2, 0) is 9.53 Å². The molecule has 1 amide bonds. The van der Waals surface area contributed by atoms with Gasteiger partial charge in [0.2, 0.25) is 0 Å². The number of ether oxygens (including phenoxy) is 1. The molecule has 0 unspecified atom stereocenters. The fraction of sp³-hybridized carbons (Fsp3) is 0.391. The minimum atomic E-state index is -1.13. The second-order valence-corrected chi connectivity index (χ2v) is 8.23. The fourth-order valence-corrected chi connectivity index (χ4v) is 4.78. The van der Waals surface area contributed by atoms with Crippen LogP contribution in [0.15, 0.2) is 65.4 Å². The molecule has 1 aromatic rings. The summed E-state index contributed by atoms with van der Waals surface area (Å²) in [5.74, 6) is -0.283. The molecule has 0 radical (unpaired) electrons. The van der Waals surface area contributed by atoms with E-state index in [1.165, 1.54) is 6.42 Å². The molecule has 0 aromatic heterocycles. The molecule has 1 saturated heterocycles. The lowest BCUT2D eigenvalue weighted by molar-refractivity contribution is -0.142. The Morgan fingerprint density at radius 2 is 1.89 bits per heavy atom. The fourth-order valence-electron chi connectivity index (χ4n) is 4.55. The molecule has 4 rings (SSSR count). The van der Waals surface area contributed by atoms with Gasteiger partial charge in [0, 0.05) is 5.56 Å². The van der Waals surface area contributed by atoms with Crippen molar-refractivity contribution >= 4 is 23.5 Å². The zero-order valence-electron chi connectivity index (χ0n) is 15.7. The van der Waals surface area contributed by atoms with E-state index in [0.717, 1.165) is 25.7 Å². The van der Waals surface area contributed by atoms with E-state index < -0.39 is 17.4 Å². The Bertz CT molecular complexity index is 852. The molecule has 2 fully saturated rings. The number of rotatable bonds is 4. The van der Waals surface area contributed by atoms with Crippen LogP contribution >= 0.6 is 11.6 Å². The van der Waals surface area contributed by atoms with Crippen LogP contribution in [0.5, 0.6) is 0 Å². The molecule has 28 heavy (non-hydrogen) atoms. The van der Waals surface area contributed by atoms with Gasteiger partial charge in [-0.05, 0) is 30.5 Å². The average Bonchev–Trinajstić information content (AvgIpc) is 2.85. The zero-order valence-corrected chi connectivity index (χ0v) is 16.5. The van der Waals surface area contributed by atoms with Crippen molar-refractivity contribution in [3.05, 3.63) is 71.0 Å². The summed E-state index contributed by atoms with van der Waals surface area (Å²) in [7, 11) is 0. The molecule has 1 aliphatic heterocycles. The van der Waals surface area contributed by atoms with Crippen molar-refractivity contribution in [1.82, 2.24) is 5.32 Å². The van der Waals surface area contributed by atoms with Gasteiger partial charge in [-0.2, -0.15) is 0 Å². The first-order valence-electron chi connectivity index (χ1n) is 9.94. The number of esters is 1. The largest absolute Gasteiger partial charge is 0.427 e. The first-order valence-corrected chi connectivity index (χ1v) is 10.3. The molecule has 1 saturated carbocycles. The summed E-state index contributed by atoms with van der Waals surface area (Å²) in [5, 5.41) is 3.47. The maximum absolute atomic E-state index is 13.2. The normalized spacial score (nSPS) is 27.3. The third-order valence-corrected chi connectivity index (χ3v) is 6.29. The summed E-state index contributed by atoms with van der Waals surface area (Å²) in [5.41, 5.74) is -0.606. The SMILES string of the molecule is O=C(N[C@]1(CC2CCCCC2)C(=O)OC2=C(Cl)C=CC=C[C@H]21)c1ccccc1. The van der Waals surface area contributed by atoms with Crippen LogP contribution in [0.1, 0.15) is 48.9 Å². The van der Waals surface area contributed by atoms with E-state index in [1.54, 1.807) is 18.2 Å². The van der Waals surface area contributed by atoms with Crippen molar-refractivity contribution in [2.24, 2.45) is 11.8 Å². The van der Waals surface area contributed by atoms with E-state index in [9.17, 15) is 9.59 Å². The van der Waals surface area contributed by atoms with Crippen LogP contribution in [0.3, 0.4) is 0 Å².